The maximum absolute atomic E-state index is 12.4. The van der Waals surface area contributed by atoms with E-state index in [0.29, 0.717) is 10.9 Å². The number of benzene rings is 1. The average Bonchev–Trinajstić information content (AvgIpc) is 2.87. The van der Waals surface area contributed by atoms with Gasteiger partial charge in [-0.1, -0.05) is 36.7 Å². The first-order chi connectivity index (χ1) is 11.7. The maximum Gasteiger partial charge on any atom is 0.233 e. The number of hydrogen-bond acceptors (Lipinski definition) is 5. The quantitative estimate of drug-likeness (QED) is 0.797. The molecule has 3 rings (SSSR count). The van der Waals surface area contributed by atoms with Crippen molar-refractivity contribution in [3.63, 3.8) is 0 Å². The minimum absolute atomic E-state index is 0.178. The highest BCUT2D eigenvalue weighted by Crippen LogP contribution is 2.23. The number of likely N-dealkylation sites (tertiary alicyclic amines) is 1. The van der Waals surface area contributed by atoms with Crippen LogP contribution in [0.1, 0.15) is 36.8 Å². The van der Waals surface area contributed by atoms with Crippen LogP contribution in [0.4, 0.5) is 0 Å². The van der Waals surface area contributed by atoms with Gasteiger partial charge >= 0.3 is 0 Å². The standard InChI is InChI=1S/C17H23N5OS/c1-13-8-7-9-15(14(13)2)22-17(18-19-20-22)24-12-16(23)21-10-5-3-4-6-11-21/h7-9H,3-6,10-12H2,1-2H3. The Labute approximate surface area is 146 Å². The van der Waals surface area contributed by atoms with Crippen LogP contribution in [0.15, 0.2) is 23.4 Å². The Morgan fingerprint density at radius 3 is 2.67 bits per heavy atom. The van der Waals surface area contributed by atoms with E-state index in [1.54, 1.807) is 4.68 Å². The van der Waals surface area contributed by atoms with Crippen LogP contribution in [0.5, 0.6) is 0 Å². The van der Waals surface area contributed by atoms with Crippen molar-refractivity contribution in [3.05, 3.63) is 29.3 Å². The summed E-state index contributed by atoms with van der Waals surface area (Å²) in [5.41, 5.74) is 3.30. The van der Waals surface area contributed by atoms with E-state index in [2.05, 4.69) is 35.4 Å². The summed E-state index contributed by atoms with van der Waals surface area (Å²) in [6.07, 6.45) is 4.66. The number of amides is 1. The maximum atomic E-state index is 12.4. The second-order valence-electron chi connectivity index (χ2n) is 6.18. The predicted octanol–water partition coefficient (Wildman–Crippen LogP) is 2.77. The van der Waals surface area contributed by atoms with E-state index in [1.807, 2.05) is 17.0 Å². The molecule has 0 bridgehead atoms. The molecule has 6 nitrogen and oxygen atoms in total. The summed E-state index contributed by atoms with van der Waals surface area (Å²) >= 11 is 1.41. The lowest BCUT2D eigenvalue weighted by Gasteiger charge is -2.19. The van der Waals surface area contributed by atoms with Crippen molar-refractivity contribution >= 4 is 17.7 Å². The van der Waals surface area contributed by atoms with Gasteiger partial charge in [0.1, 0.15) is 0 Å². The van der Waals surface area contributed by atoms with Crippen LogP contribution in [-0.4, -0.2) is 49.9 Å². The van der Waals surface area contributed by atoms with E-state index in [9.17, 15) is 4.79 Å². The monoisotopic (exact) mass is 345 g/mol. The number of carbonyl (C=O) groups excluding carboxylic acids is 1. The van der Waals surface area contributed by atoms with E-state index in [0.717, 1.165) is 37.2 Å². The van der Waals surface area contributed by atoms with Crippen molar-refractivity contribution in [2.24, 2.45) is 0 Å². The van der Waals surface area contributed by atoms with Gasteiger partial charge in [0.15, 0.2) is 0 Å². The summed E-state index contributed by atoms with van der Waals surface area (Å²) in [4.78, 5) is 14.4. The van der Waals surface area contributed by atoms with Crippen molar-refractivity contribution in [2.75, 3.05) is 18.8 Å². The average molecular weight is 345 g/mol. The van der Waals surface area contributed by atoms with Gasteiger partial charge in [-0.05, 0) is 54.3 Å². The fraction of sp³-hybridized carbons (Fsp3) is 0.529. The molecule has 1 saturated heterocycles. The van der Waals surface area contributed by atoms with Gasteiger partial charge in [0.05, 0.1) is 11.4 Å². The van der Waals surface area contributed by atoms with Gasteiger partial charge in [0.25, 0.3) is 0 Å². The zero-order valence-corrected chi connectivity index (χ0v) is 15.1. The smallest absolute Gasteiger partial charge is 0.233 e. The molecule has 24 heavy (non-hydrogen) atoms. The zero-order chi connectivity index (χ0) is 16.9. The molecular weight excluding hydrogens is 322 g/mol. The van der Waals surface area contributed by atoms with Crippen molar-refractivity contribution in [1.29, 1.82) is 0 Å². The molecular formula is C17H23N5OS. The Kier molecular flexibility index (Phi) is 5.50. The first-order valence-corrected chi connectivity index (χ1v) is 9.41. The molecule has 0 radical (unpaired) electrons. The Hall–Kier alpha value is -1.89. The Bertz CT molecular complexity index is 707. The normalized spacial score (nSPS) is 15.3. The minimum Gasteiger partial charge on any atom is -0.342 e. The Balaban J connectivity index is 1.69. The number of aromatic nitrogens is 4. The summed E-state index contributed by atoms with van der Waals surface area (Å²) in [5, 5.41) is 12.6. The molecule has 1 aromatic carbocycles. The third kappa shape index (κ3) is 3.77. The van der Waals surface area contributed by atoms with E-state index in [-0.39, 0.29) is 5.91 Å². The van der Waals surface area contributed by atoms with Crippen molar-refractivity contribution in [3.8, 4) is 5.69 Å². The predicted molar refractivity (Wildman–Crippen MR) is 94.4 cm³/mol. The molecule has 0 saturated carbocycles. The van der Waals surface area contributed by atoms with Gasteiger partial charge in [-0.15, -0.1) is 5.10 Å². The number of hydrogen-bond donors (Lipinski definition) is 0. The van der Waals surface area contributed by atoms with E-state index < -0.39 is 0 Å². The first kappa shape index (κ1) is 17.0. The fourth-order valence-electron chi connectivity index (χ4n) is 2.92. The second kappa shape index (κ2) is 7.79. The molecule has 1 amide bonds. The molecule has 7 heteroatoms. The Morgan fingerprint density at radius 1 is 1.17 bits per heavy atom. The van der Waals surface area contributed by atoms with E-state index >= 15 is 0 Å². The second-order valence-corrected chi connectivity index (χ2v) is 7.12. The molecule has 1 aromatic heterocycles. The topological polar surface area (TPSA) is 63.9 Å². The number of rotatable bonds is 4. The van der Waals surface area contributed by atoms with Crippen molar-refractivity contribution in [2.45, 2.75) is 44.7 Å². The molecule has 1 aliphatic rings. The summed E-state index contributed by atoms with van der Waals surface area (Å²) in [6, 6.07) is 6.06. The molecule has 128 valence electrons. The van der Waals surface area contributed by atoms with Gasteiger partial charge < -0.3 is 4.90 Å². The molecule has 1 aliphatic heterocycles. The summed E-state index contributed by atoms with van der Waals surface area (Å²) < 4.78 is 1.72. The largest absolute Gasteiger partial charge is 0.342 e. The Morgan fingerprint density at radius 2 is 1.92 bits per heavy atom. The van der Waals surface area contributed by atoms with Gasteiger partial charge in [-0.25, -0.2) is 0 Å². The van der Waals surface area contributed by atoms with Crippen LogP contribution < -0.4 is 0 Å². The molecule has 2 heterocycles. The highest BCUT2D eigenvalue weighted by Gasteiger charge is 2.18. The van der Waals surface area contributed by atoms with Crippen LogP contribution in [0, 0.1) is 13.8 Å². The molecule has 0 unspecified atom stereocenters. The molecule has 0 N–H and O–H groups in total. The van der Waals surface area contributed by atoms with Gasteiger partial charge in [0.2, 0.25) is 11.1 Å². The van der Waals surface area contributed by atoms with Crippen LogP contribution in [0.2, 0.25) is 0 Å². The molecule has 0 atom stereocenters. The number of carbonyl (C=O) groups is 1. The number of thioether (sulfide) groups is 1. The lowest BCUT2D eigenvalue weighted by atomic mass is 10.1. The van der Waals surface area contributed by atoms with E-state index in [1.165, 1.54) is 30.2 Å². The van der Waals surface area contributed by atoms with E-state index in [4.69, 9.17) is 0 Å². The highest BCUT2D eigenvalue weighted by atomic mass is 32.2. The summed E-state index contributed by atoms with van der Waals surface area (Å²) in [7, 11) is 0. The van der Waals surface area contributed by atoms with Crippen LogP contribution in [0.3, 0.4) is 0 Å². The third-order valence-corrected chi connectivity index (χ3v) is 5.43. The van der Waals surface area contributed by atoms with Gasteiger partial charge in [-0.3, -0.25) is 4.79 Å². The lowest BCUT2D eigenvalue weighted by molar-refractivity contribution is -0.128. The van der Waals surface area contributed by atoms with Gasteiger partial charge in [0, 0.05) is 13.1 Å². The first-order valence-electron chi connectivity index (χ1n) is 8.42. The molecule has 2 aromatic rings. The van der Waals surface area contributed by atoms with Crippen molar-refractivity contribution < 1.29 is 4.79 Å². The van der Waals surface area contributed by atoms with Crippen LogP contribution >= 0.6 is 11.8 Å². The summed E-state index contributed by atoms with van der Waals surface area (Å²) in [6.45, 7) is 5.88. The number of aryl methyl sites for hydroxylation is 1. The molecule has 0 aliphatic carbocycles. The van der Waals surface area contributed by atoms with Crippen LogP contribution in [-0.2, 0) is 4.79 Å². The zero-order valence-electron chi connectivity index (χ0n) is 14.2. The molecule has 0 spiro atoms. The van der Waals surface area contributed by atoms with Crippen molar-refractivity contribution in [1.82, 2.24) is 25.1 Å². The van der Waals surface area contributed by atoms with Gasteiger partial charge in [-0.2, -0.15) is 4.68 Å². The fourth-order valence-corrected chi connectivity index (χ4v) is 3.71. The van der Waals surface area contributed by atoms with Crippen LogP contribution in [0.25, 0.3) is 5.69 Å². The highest BCUT2D eigenvalue weighted by molar-refractivity contribution is 7.99. The lowest BCUT2D eigenvalue weighted by Crippen LogP contribution is -2.33. The molecule has 1 fully saturated rings. The number of nitrogens with zero attached hydrogens (tertiary/aromatic N) is 5. The minimum atomic E-state index is 0.178. The SMILES string of the molecule is Cc1cccc(-n2nnnc2SCC(=O)N2CCCCCC2)c1C. The third-order valence-electron chi connectivity index (χ3n) is 4.53. The number of tetrazole rings is 1. The summed E-state index contributed by atoms with van der Waals surface area (Å²) in [5.74, 6) is 0.558.